The molecular formula is C38H50F3NO6. The van der Waals surface area contributed by atoms with E-state index in [1.54, 1.807) is 6.07 Å². The third kappa shape index (κ3) is 8.22. The predicted molar refractivity (Wildman–Crippen MR) is 177 cm³/mol. The van der Waals surface area contributed by atoms with Crippen molar-refractivity contribution in [1.82, 2.24) is 4.90 Å². The van der Waals surface area contributed by atoms with E-state index in [-0.39, 0.29) is 36.2 Å². The van der Waals surface area contributed by atoms with E-state index < -0.39 is 47.4 Å². The minimum atomic E-state index is -4.61. The minimum Gasteiger partial charge on any atom is -0.394 e. The molecule has 4 aliphatic rings. The van der Waals surface area contributed by atoms with E-state index in [0.29, 0.717) is 63.7 Å². The molecule has 1 saturated heterocycles. The van der Waals surface area contributed by atoms with Crippen molar-refractivity contribution in [3.8, 4) is 0 Å². The van der Waals surface area contributed by atoms with Crippen molar-refractivity contribution in [3.63, 3.8) is 0 Å². The molecule has 6 unspecified atom stereocenters. The van der Waals surface area contributed by atoms with E-state index in [1.807, 2.05) is 30.9 Å². The van der Waals surface area contributed by atoms with Crippen LogP contribution in [0.1, 0.15) is 104 Å². The second-order valence-corrected chi connectivity index (χ2v) is 14.5. The molecule has 2 bridgehead atoms. The van der Waals surface area contributed by atoms with Crippen LogP contribution in [0.3, 0.4) is 0 Å². The number of aliphatic hydroxyl groups excluding tert-OH is 3. The average molecular weight is 674 g/mol. The van der Waals surface area contributed by atoms with Crippen molar-refractivity contribution in [3.05, 3.63) is 81.9 Å². The Morgan fingerprint density at radius 3 is 2.62 bits per heavy atom. The van der Waals surface area contributed by atoms with Gasteiger partial charge in [-0.25, -0.2) is 0 Å². The molecule has 2 aromatic rings. The van der Waals surface area contributed by atoms with Crippen molar-refractivity contribution >= 4 is 5.78 Å². The van der Waals surface area contributed by atoms with Crippen molar-refractivity contribution in [1.29, 1.82) is 0 Å². The quantitative estimate of drug-likeness (QED) is 0.197. The number of rotatable bonds is 9. The average Bonchev–Trinajstić information content (AvgIpc) is 3.64. The Balaban J connectivity index is 1.58. The fourth-order valence-electron chi connectivity index (χ4n) is 8.19. The summed E-state index contributed by atoms with van der Waals surface area (Å²) in [6.07, 6.45) is 1.35. The van der Waals surface area contributed by atoms with Crippen LogP contribution in [0.2, 0.25) is 0 Å². The molecule has 6 atom stereocenters. The standard InChI is InChI=1S/C38H50F3NO6/c1-25-6-4-15-36(2)34(14-16-37(36,47)24-42(21-30(45)23-43)22-31-9-5-17-48-31)32-13-11-26(18-29(44)12-10-25)19-33(32)35(46)27-7-3-8-28(20-27)38(39,40)41/h3,6-8,11,13,19-20,29-31,34,43-45,47H,4-5,9-10,12,14-18,21-24H2,1-2H3. The molecule has 0 amide bonds. The maximum absolute atomic E-state index is 14.2. The Bertz CT molecular complexity index is 1460. The van der Waals surface area contributed by atoms with Gasteiger partial charge in [-0.1, -0.05) is 42.8 Å². The van der Waals surface area contributed by atoms with Crippen LogP contribution in [0.4, 0.5) is 13.2 Å². The van der Waals surface area contributed by atoms with Gasteiger partial charge in [-0.15, -0.1) is 0 Å². The van der Waals surface area contributed by atoms with Crippen LogP contribution >= 0.6 is 0 Å². The summed E-state index contributed by atoms with van der Waals surface area (Å²) in [4.78, 5) is 16.2. The highest BCUT2D eigenvalue weighted by Crippen LogP contribution is 2.59. The van der Waals surface area contributed by atoms with Crippen LogP contribution in [0.25, 0.3) is 0 Å². The van der Waals surface area contributed by atoms with E-state index in [2.05, 4.69) is 6.08 Å². The first-order valence-corrected chi connectivity index (χ1v) is 17.3. The van der Waals surface area contributed by atoms with Gasteiger partial charge in [0.25, 0.3) is 0 Å². The number of halogens is 3. The highest BCUT2D eigenvalue weighted by Gasteiger charge is 2.57. The largest absolute Gasteiger partial charge is 0.416 e. The number of allylic oxidation sites excluding steroid dienone is 2. The van der Waals surface area contributed by atoms with Crippen LogP contribution in [-0.2, 0) is 17.3 Å². The molecule has 2 fully saturated rings. The summed E-state index contributed by atoms with van der Waals surface area (Å²) in [7, 11) is 0. The van der Waals surface area contributed by atoms with E-state index in [0.717, 1.165) is 36.1 Å². The number of carbonyl (C=O) groups is 1. The molecule has 10 heteroatoms. The second-order valence-electron chi connectivity index (χ2n) is 14.5. The Morgan fingerprint density at radius 2 is 1.92 bits per heavy atom. The fourth-order valence-corrected chi connectivity index (χ4v) is 8.19. The van der Waals surface area contributed by atoms with Gasteiger partial charge >= 0.3 is 6.18 Å². The molecule has 1 saturated carbocycles. The zero-order valence-corrected chi connectivity index (χ0v) is 28.0. The first-order chi connectivity index (χ1) is 22.7. The summed E-state index contributed by atoms with van der Waals surface area (Å²) in [5.41, 5.74) is -0.166. The van der Waals surface area contributed by atoms with Gasteiger partial charge in [-0.2, -0.15) is 13.2 Å². The third-order valence-electron chi connectivity index (χ3n) is 11.0. The first-order valence-electron chi connectivity index (χ1n) is 17.3. The topological polar surface area (TPSA) is 110 Å². The fraction of sp³-hybridized carbons (Fsp3) is 0.605. The van der Waals surface area contributed by atoms with Gasteiger partial charge in [0.05, 0.1) is 36.1 Å². The highest BCUT2D eigenvalue weighted by molar-refractivity contribution is 6.10. The Kier molecular flexibility index (Phi) is 11.5. The molecule has 0 aromatic heterocycles. The maximum Gasteiger partial charge on any atom is 0.416 e. The van der Waals surface area contributed by atoms with E-state index in [9.17, 15) is 38.4 Å². The molecule has 0 radical (unpaired) electrons. The summed E-state index contributed by atoms with van der Waals surface area (Å²) in [6, 6.07) is 9.94. The molecule has 1 aliphatic heterocycles. The number of nitrogens with zero attached hydrogens (tertiary/aromatic N) is 1. The van der Waals surface area contributed by atoms with Crippen molar-refractivity contribution in [2.45, 2.75) is 108 Å². The van der Waals surface area contributed by atoms with E-state index in [4.69, 9.17) is 4.74 Å². The lowest BCUT2D eigenvalue weighted by Gasteiger charge is -2.46. The zero-order chi connectivity index (χ0) is 34.7. The van der Waals surface area contributed by atoms with E-state index >= 15 is 0 Å². The summed E-state index contributed by atoms with van der Waals surface area (Å²) >= 11 is 0. The highest BCUT2D eigenvalue weighted by atomic mass is 19.4. The monoisotopic (exact) mass is 673 g/mol. The van der Waals surface area contributed by atoms with Gasteiger partial charge in [-0.05, 0) is 100.0 Å². The van der Waals surface area contributed by atoms with Crippen molar-refractivity contribution < 1.29 is 43.1 Å². The summed E-state index contributed by atoms with van der Waals surface area (Å²) < 4.78 is 46.9. The smallest absolute Gasteiger partial charge is 0.394 e. The van der Waals surface area contributed by atoms with Crippen LogP contribution in [0, 0.1) is 5.41 Å². The summed E-state index contributed by atoms with van der Waals surface area (Å²) in [5.74, 6) is -0.839. The molecule has 4 N–H and O–H groups in total. The number of fused-ring (bicyclic) bond motifs is 8. The van der Waals surface area contributed by atoms with Crippen molar-refractivity contribution in [2.75, 3.05) is 32.8 Å². The number of ether oxygens (including phenoxy) is 1. The Labute approximate surface area is 281 Å². The number of hydrogen-bond donors (Lipinski definition) is 4. The minimum absolute atomic E-state index is 0.0429. The number of alkyl halides is 3. The van der Waals surface area contributed by atoms with Crippen molar-refractivity contribution in [2.24, 2.45) is 5.41 Å². The molecule has 7 nitrogen and oxygen atoms in total. The summed E-state index contributed by atoms with van der Waals surface area (Å²) in [5, 5.41) is 43.7. The van der Waals surface area contributed by atoms with Crippen LogP contribution in [0.15, 0.2) is 54.1 Å². The lowest BCUT2D eigenvalue weighted by Crippen LogP contribution is -2.55. The predicted octanol–water partition coefficient (Wildman–Crippen LogP) is 5.81. The Hall–Kier alpha value is -2.60. The molecule has 1 heterocycles. The molecule has 2 aromatic carbocycles. The number of ketones is 1. The number of carbonyl (C=O) groups excluding carboxylic acids is 1. The number of benzene rings is 2. The van der Waals surface area contributed by atoms with E-state index in [1.165, 1.54) is 12.1 Å². The Morgan fingerprint density at radius 1 is 1.12 bits per heavy atom. The second kappa shape index (κ2) is 15.1. The molecule has 3 aliphatic carbocycles. The van der Waals surface area contributed by atoms with Gasteiger partial charge in [-0.3, -0.25) is 9.69 Å². The molecule has 6 rings (SSSR count). The lowest BCUT2D eigenvalue weighted by molar-refractivity contribution is -0.137. The maximum atomic E-state index is 14.2. The zero-order valence-electron chi connectivity index (χ0n) is 28.0. The first kappa shape index (κ1) is 36.7. The molecule has 48 heavy (non-hydrogen) atoms. The van der Waals surface area contributed by atoms with Gasteiger partial charge in [0, 0.05) is 42.8 Å². The number of aliphatic hydroxyl groups is 4. The van der Waals surface area contributed by atoms with Gasteiger partial charge in [0.15, 0.2) is 5.78 Å². The SMILES string of the molecule is CC1=CCCC2(C)C(CCC2(O)CN(CC(O)CO)CC2CCCO2)c2ccc(cc2C(=O)c2cccc(C(F)(F)F)c2)CC(O)CC1. The normalized spacial score (nSPS) is 29.0. The number of hydrogen-bond acceptors (Lipinski definition) is 7. The molecule has 0 spiro atoms. The van der Waals surface area contributed by atoms with Gasteiger partial charge in [0.1, 0.15) is 0 Å². The third-order valence-corrected chi connectivity index (χ3v) is 11.0. The van der Waals surface area contributed by atoms with Gasteiger partial charge < -0.3 is 25.2 Å². The van der Waals surface area contributed by atoms with Crippen LogP contribution < -0.4 is 0 Å². The molecular weight excluding hydrogens is 623 g/mol. The van der Waals surface area contributed by atoms with Gasteiger partial charge in [0.2, 0.25) is 0 Å². The lowest BCUT2D eigenvalue weighted by atomic mass is 9.64. The molecule has 264 valence electrons. The van der Waals surface area contributed by atoms with Crippen LogP contribution in [-0.4, -0.2) is 87.9 Å². The summed E-state index contributed by atoms with van der Waals surface area (Å²) in [6.45, 7) is 5.21. The van der Waals surface area contributed by atoms with Crippen LogP contribution in [0.5, 0.6) is 0 Å².